The van der Waals surface area contributed by atoms with Gasteiger partial charge in [0.05, 0.1) is 32.6 Å². The summed E-state index contributed by atoms with van der Waals surface area (Å²) in [7, 11) is 0. The van der Waals surface area contributed by atoms with Crippen LogP contribution in [0.3, 0.4) is 0 Å². The Morgan fingerprint density at radius 1 is 0.951 bits per heavy atom. The number of phenolic OH excluding ortho intramolecular Hbond substituents is 1. The Hall–Kier alpha value is -3.96. The van der Waals surface area contributed by atoms with E-state index in [1.807, 2.05) is 0 Å². The maximum absolute atomic E-state index is 13.4. The van der Waals surface area contributed by atoms with Gasteiger partial charge >= 0.3 is 0 Å². The summed E-state index contributed by atoms with van der Waals surface area (Å²) in [6, 6.07) is 15.8. The van der Waals surface area contributed by atoms with Crippen molar-refractivity contribution in [3.05, 3.63) is 97.4 Å². The largest absolute Gasteiger partial charge is 0.507 e. The van der Waals surface area contributed by atoms with Crippen molar-refractivity contribution in [3.63, 3.8) is 0 Å². The van der Waals surface area contributed by atoms with E-state index >= 15 is 0 Å². The average molecular weight is 631 g/mol. The predicted molar refractivity (Wildman–Crippen MR) is 163 cm³/mol. The number of amides is 2. The number of thiazole rings is 1. The number of halogens is 3. The van der Waals surface area contributed by atoms with Gasteiger partial charge in [-0.25, -0.2) is 10.4 Å². The number of hydrogen-bond acceptors (Lipinski definition) is 8. The van der Waals surface area contributed by atoms with Crippen LogP contribution in [0.4, 0.5) is 16.5 Å². The molecule has 0 saturated heterocycles. The number of para-hydroxylation sites is 1. The molecule has 0 saturated carbocycles. The minimum absolute atomic E-state index is 0.0515. The van der Waals surface area contributed by atoms with Gasteiger partial charge in [-0.1, -0.05) is 64.3 Å². The number of benzene rings is 3. The Morgan fingerprint density at radius 2 is 1.71 bits per heavy atom. The molecule has 4 N–H and O–H groups in total. The highest BCUT2D eigenvalue weighted by Crippen LogP contribution is 2.30. The molecule has 0 unspecified atom stereocenters. The number of aromatic nitrogens is 1. The third-order valence-electron chi connectivity index (χ3n) is 5.77. The second-order valence-electron chi connectivity index (χ2n) is 8.67. The van der Waals surface area contributed by atoms with Gasteiger partial charge in [0, 0.05) is 16.4 Å². The van der Waals surface area contributed by atoms with Crippen LogP contribution in [-0.2, 0) is 4.79 Å². The Balaban J connectivity index is 1.58. The zero-order valence-corrected chi connectivity index (χ0v) is 24.7. The van der Waals surface area contributed by atoms with Gasteiger partial charge in [0.1, 0.15) is 11.5 Å². The lowest BCUT2D eigenvalue weighted by Crippen LogP contribution is -2.29. The quantitative estimate of drug-likeness (QED) is 0.0881. The Labute approximate surface area is 254 Å². The summed E-state index contributed by atoms with van der Waals surface area (Å²) in [5.41, 5.74) is 4.02. The first-order valence-corrected chi connectivity index (χ1v) is 13.9. The first-order valence-electron chi connectivity index (χ1n) is 12.0. The van der Waals surface area contributed by atoms with Crippen LogP contribution in [0.1, 0.15) is 37.7 Å². The highest BCUT2D eigenvalue weighted by Gasteiger charge is 2.23. The van der Waals surface area contributed by atoms with Gasteiger partial charge in [-0.15, -0.1) is 0 Å². The number of hydrazone groups is 1. The van der Waals surface area contributed by atoms with Crippen LogP contribution in [0, 0.1) is 13.8 Å². The predicted octanol–water partition coefficient (Wildman–Crippen LogP) is 7.17. The molecule has 4 rings (SSSR count). The molecule has 2 amide bonds. The van der Waals surface area contributed by atoms with Gasteiger partial charge in [-0.2, -0.15) is 5.10 Å². The van der Waals surface area contributed by atoms with Crippen molar-refractivity contribution in [2.75, 3.05) is 10.6 Å². The molecule has 1 aromatic heterocycles. The number of aryl methyl sites for hydroxylation is 1. The zero-order chi connectivity index (χ0) is 29.7. The molecule has 1 heterocycles. The van der Waals surface area contributed by atoms with Crippen LogP contribution >= 0.6 is 46.1 Å². The number of phenols is 1. The Morgan fingerprint density at radius 3 is 2.44 bits per heavy atom. The Bertz CT molecular complexity index is 1690. The average Bonchev–Trinajstić information content (AvgIpc) is 3.30. The highest BCUT2D eigenvalue weighted by molar-refractivity contribution is 7.17. The number of carbonyl (C=O) groups excluding carboxylic acids is 3. The third kappa shape index (κ3) is 7.42. The monoisotopic (exact) mass is 629 g/mol. The SMILES string of the molecule is Cc1nc(Nc2ccc(Cl)c(Cl)c2)sc1C(=O)C/C(=N\NC(=O)c1ccccc1O)C(=O)Nc1cccc(Cl)c1C. The van der Waals surface area contributed by atoms with Crippen LogP contribution in [-0.4, -0.2) is 33.4 Å². The van der Waals surface area contributed by atoms with E-state index in [2.05, 4.69) is 26.1 Å². The molecule has 0 radical (unpaired) electrons. The normalized spacial score (nSPS) is 11.2. The highest BCUT2D eigenvalue weighted by atomic mass is 35.5. The molecule has 4 aromatic rings. The molecule has 3 aromatic carbocycles. The minimum Gasteiger partial charge on any atom is -0.507 e. The van der Waals surface area contributed by atoms with E-state index in [9.17, 15) is 19.5 Å². The lowest BCUT2D eigenvalue weighted by molar-refractivity contribution is -0.110. The molecule has 13 heteroatoms. The van der Waals surface area contributed by atoms with Crippen LogP contribution in [0.2, 0.25) is 15.1 Å². The molecule has 9 nitrogen and oxygen atoms in total. The standard InChI is InChI=1S/C28H22Cl3N5O4S/c1-14-18(29)7-5-8-21(14)34-27(40)22(35-36-26(39)17-6-3-4-9-23(17)37)13-24(38)25-15(2)32-28(41-25)33-16-10-11-19(30)20(31)12-16/h3-12,37H,13H2,1-2H3,(H,32,33)(H,34,40)(H,36,39)/b35-22+. The fourth-order valence-corrected chi connectivity index (χ4v) is 4.99. The number of nitrogens with zero attached hydrogens (tertiary/aromatic N) is 2. The van der Waals surface area contributed by atoms with Crippen molar-refractivity contribution in [3.8, 4) is 5.75 Å². The van der Waals surface area contributed by atoms with Gasteiger partial charge in [-0.3, -0.25) is 14.4 Å². The molecule has 0 aliphatic rings. The second kappa shape index (κ2) is 13.1. The first-order chi connectivity index (χ1) is 19.5. The van der Waals surface area contributed by atoms with Gasteiger partial charge < -0.3 is 15.7 Å². The van der Waals surface area contributed by atoms with Crippen molar-refractivity contribution >= 4 is 86.0 Å². The summed E-state index contributed by atoms with van der Waals surface area (Å²) < 4.78 is 0. The summed E-state index contributed by atoms with van der Waals surface area (Å²) in [6.07, 6.45) is -0.457. The lowest BCUT2D eigenvalue weighted by atomic mass is 10.1. The van der Waals surface area contributed by atoms with E-state index in [4.69, 9.17) is 34.8 Å². The van der Waals surface area contributed by atoms with E-state index in [1.165, 1.54) is 12.1 Å². The van der Waals surface area contributed by atoms with Gasteiger partial charge in [-0.05, 0) is 61.9 Å². The number of carbonyl (C=O) groups is 3. The molecule has 0 fully saturated rings. The van der Waals surface area contributed by atoms with Crippen molar-refractivity contribution in [2.45, 2.75) is 20.3 Å². The second-order valence-corrected chi connectivity index (χ2v) is 10.9. The first kappa shape index (κ1) is 30.0. The van der Waals surface area contributed by atoms with E-state index in [1.54, 1.807) is 62.4 Å². The molecular weight excluding hydrogens is 609 g/mol. The van der Waals surface area contributed by atoms with Crippen LogP contribution in [0.15, 0.2) is 65.8 Å². The summed E-state index contributed by atoms with van der Waals surface area (Å²) in [6.45, 7) is 3.39. The van der Waals surface area contributed by atoms with Crippen LogP contribution in [0.5, 0.6) is 5.75 Å². The molecule has 210 valence electrons. The molecule has 0 aliphatic carbocycles. The zero-order valence-electron chi connectivity index (χ0n) is 21.6. The fourth-order valence-electron chi connectivity index (χ4n) is 3.59. The van der Waals surface area contributed by atoms with Crippen molar-refractivity contribution in [2.24, 2.45) is 5.10 Å². The van der Waals surface area contributed by atoms with Crippen molar-refractivity contribution in [1.29, 1.82) is 0 Å². The molecule has 41 heavy (non-hydrogen) atoms. The summed E-state index contributed by atoms with van der Waals surface area (Å²) in [5.74, 6) is -2.20. The van der Waals surface area contributed by atoms with Gasteiger partial charge in [0.25, 0.3) is 11.8 Å². The third-order valence-corrected chi connectivity index (χ3v) is 8.03. The van der Waals surface area contributed by atoms with Crippen LogP contribution in [0.25, 0.3) is 0 Å². The number of ketones is 1. The van der Waals surface area contributed by atoms with E-state index in [0.717, 1.165) is 11.3 Å². The topological polar surface area (TPSA) is 133 Å². The lowest BCUT2D eigenvalue weighted by Gasteiger charge is -2.11. The number of aromatic hydroxyl groups is 1. The van der Waals surface area contributed by atoms with Crippen LogP contribution < -0.4 is 16.1 Å². The minimum atomic E-state index is -0.762. The van der Waals surface area contributed by atoms with E-state index in [-0.39, 0.29) is 17.0 Å². The summed E-state index contributed by atoms with van der Waals surface area (Å²) in [5, 5.41) is 21.3. The molecule has 0 spiro atoms. The van der Waals surface area contributed by atoms with Crippen molar-refractivity contribution in [1.82, 2.24) is 10.4 Å². The van der Waals surface area contributed by atoms with Gasteiger partial charge in [0.2, 0.25) is 0 Å². The van der Waals surface area contributed by atoms with E-state index in [0.29, 0.717) is 47.7 Å². The maximum Gasteiger partial charge on any atom is 0.275 e. The number of Topliss-reactive ketones (excluding diaryl/α,β-unsaturated/α-hetero) is 1. The van der Waals surface area contributed by atoms with E-state index < -0.39 is 24.0 Å². The Kier molecular flexibility index (Phi) is 9.61. The number of nitrogens with one attached hydrogen (secondary N) is 3. The fraction of sp³-hybridized carbons (Fsp3) is 0.107. The molecular formula is C28H22Cl3N5O4S. The number of rotatable bonds is 9. The maximum atomic E-state index is 13.4. The molecule has 0 bridgehead atoms. The number of anilines is 3. The van der Waals surface area contributed by atoms with Crippen molar-refractivity contribution < 1.29 is 19.5 Å². The smallest absolute Gasteiger partial charge is 0.275 e. The molecule has 0 aliphatic heterocycles. The summed E-state index contributed by atoms with van der Waals surface area (Å²) in [4.78, 5) is 43.9. The van der Waals surface area contributed by atoms with Gasteiger partial charge in [0.15, 0.2) is 10.9 Å². The number of hydrogen-bond donors (Lipinski definition) is 4. The summed E-state index contributed by atoms with van der Waals surface area (Å²) >= 11 is 19.3. The molecule has 0 atom stereocenters.